The summed E-state index contributed by atoms with van der Waals surface area (Å²) in [5.74, 6) is 0. The lowest BCUT2D eigenvalue weighted by molar-refractivity contribution is -0.137. The van der Waals surface area contributed by atoms with Crippen molar-refractivity contribution in [2.75, 3.05) is 13.6 Å². The molecule has 22 heavy (non-hydrogen) atoms. The van der Waals surface area contributed by atoms with Crippen molar-refractivity contribution in [2.24, 2.45) is 10.3 Å². The highest BCUT2D eigenvalue weighted by Gasteiger charge is 2.31. The number of likely N-dealkylation sites (N-methyl/N-ethyl adjacent to an activating group) is 1. The maximum atomic E-state index is 12.7. The van der Waals surface area contributed by atoms with Crippen molar-refractivity contribution in [3.63, 3.8) is 0 Å². The first kappa shape index (κ1) is 16.2. The molecule has 1 aliphatic heterocycles. The Morgan fingerprint density at radius 1 is 1.45 bits per heavy atom. The topological polar surface area (TPSA) is 40.9 Å². The van der Waals surface area contributed by atoms with E-state index in [1.807, 2.05) is 0 Å². The molecule has 0 aromatic carbocycles. The summed E-state index contributed by atoms with van der Waals surface area (Å²) in [6.07, 6.45) is 1.10. The number of rotatable bonds is 3. The number of hydrogen-bond donors (Lipinski definition) is 0. The van der Waals surface area contributed by atoms with Crippen LogP contribution in [0.1, 0.15) is 11.3 Å². The zero-order valence-electron chi connectivity index (χ0n) is 11.6. The largest absolute Gasteiger partial charge is 0.417 e. The molecule has 116 valence electrons. The smallest absolute Gasteiger partial charge is 0.254 e. The summed E-state index contributed by atoms with van der Waals surface area (Å²) < 4.78 is 38.0. The van der Waals surface area contributed by atoms with Gasteiger partial charge in [0.1, 0.15) is 6.54 Å². The molecule has 0 saturated carbocycles. The number of aromatic nitrogens is 1. The van der Waals surface area contributed by atoms with Crippen molar-refractivity contribution in [3.8, 4) is 0 Å². The van der Waals surface area contributed by atoms with Gasteiger partial charge in [0.25, 0.3) is 0 Å². The molecule has 0 bridgehead atoms. The summed E-state index contributed by atoms with van der Waals surface area (Å²) in [4.78, 5) is 3.84. The van der Waals surface area contributed by atoms with Gasteiger partial charge < -0.3 is 0 Å². The molecule has 1 aromatic rings. The molecule has 4 nitrogen and oxygen atoms in total. The maximum absolute atomic E-state index is 12.7. The van der Waals surface area contributed by atoms with Crippen LogP contribution in [-0.2, 0) is 6.18 Å². The van der Waals surface area contributed by atoms with Gasteiger partial charge in [0.05, 0.1) is 22.0 Å². The van der Waals surface area contributed by atoms with Crippen LogP contribution in [0.15, 0.2) is 53.1 Å². The average Bonchev–Trinajstić information content (AvgIpc) is 2.83. The Morgan fingerprint density at radius 2 is 2.18 bits per heavy atom. The highest BCUT2D eigenvalue weighted by Crippen LogP contribution is 2.33. The first-order chi connectivity index (χ1) is 10.3. The van der Waals surface area contributed by atoms with E-state index in [-0.39, 0.29) is 10.7 Å². The molecule has 0 fully saturated rings. The van der Waals surface area contributed by atoms with Crippen molar-refractivity contribution < 1.29 is 13.2 Å². The average molecular weight is 329 g/mol. The van der Waals surface area contributed by atoms with E-state index in [0.717, 1.165) is 18.0 Å². The van der Waals surface area contributed by atoms with E-state index < -0.39 is 11.7 Å². The molecule has 0 aliphatic carbocycles. The van der Waals surface area contributed by atoms with Crippen LogP contribution in [0.3, 0.4) is 0 Å². The van der Waals surface area contributed by atoms with Gasteiger partial charge in [0.15, 0.2) is 0 Å². The van der Waals surface area contributed by atoms with Crippen molar-refractivity contribution in [2.45, 2.75) is 6.18 Å². The van der Waals surface area contributed by atoms with Crippen LogP contribution in [0.5, 0.6) is 0 Å². The van der Waals surface area contributed by atoms with Crippen LogP contribution in [0.25, 0.3) is 5.57 Å². The Kier molecular flexibility index (Phi) is 4.65. The number of hydrogen-bond acceptors (Lipinski definition) is 4. The molecule has 2 heterocycles. The fourth-order valence-corrected chi connectivity index (χ4v) is 2.08. The molecule has 1 aliphatic rings. The van der Waals surface area contributed by atoms with Crippen LogP contribution in [-0.4, -0.2) is 23.6 Å². The molecular formula is C14H12ClF3N4. The summed E-state index contributed by atoms with van der Waals surface area (Å²) in [5, 5.41) is 9.15. The van der Waals surface area contributed by atoms with Gasteiger partial charge in [-0.3, -0.25) is 9.99 Å². The minimum Gasteiger partial charge on any atom is -0.254 e. The minimum atomic E-state index is -4.49. The minimum absolute atomic E-state index is 0.0886. The van der Waals surface area contributed by atoms with E-state index in [4.69, 9.17) is 11.6 Å². The third-order valence-electron chi connectivity index (χ3n) is 2.91. The molecular weight excluding hydrogens is 317 g/mol. The molecule has 0 spiro atoms. The standard InChI is InChI=1S/C14H12ClF3N4/c1-3-4-9(5-11-8-20-21-22(11)2)13-12(15)6-10(7-19-13)14(16,17)18/h3-7H,1,8H2,2H3/b9-4+,11-5+. The van der Waals surface area contributed by atoms with Gasteiger partial charge in [-0.05, 0) is 12.1 Å². The van der Waals surface area contributed by atoms with Gasteiger partial charge >= 0.3 is 6.18 Å². The molecule has 0 unspecified atom stereocenters. The van der Waals surface area contributed by atoms with E-state index in [1.54, 1.807) is 24.2 Å². The second-order valence-electron chi connectivity index (χ2n) is 4.46. The Morgan fingerprint density at radius 3 is 2.68 bits per heavy atom. The Balaban J connectivity index is 2.42. The van der Waals surface area contributed by atoms with Crippen molar-refractivity contribution in [1.82, 2.24) is 9.99 Å². The Labute approximate surface area is 130 Å². The van der Waals surface area contributed by atoms with Gasteiger partial charge in [-0.15, -0.1) is 0 Å². The number of alkyl halides is 3. The molecule has 1 aromatic heterocycles. The Hall–Kier alpha value is -2.15. The summed E-state index contributed by atoms with van der Waals surface area (Å²) in [6.45, 7) is 3.97. The number of allylic oxidation sites excluding steroid dienone is 4. The third-order valence-corrected chi connectivity index (χ3v) is 3.20. The van der Waals surface area contributed by atoms with Crippen LogP contribution in [0.4, 0.5) is 13.2 Å². The van der Waals surface area contributed by atoms with Gasteiger partial charge in [0.2, 0.25) is 0 Å². The molecule has 0 amide bonds. The summed E-state index contributed by atoms with van der Waals surface area (Å²) in [5.41, 5.74) is 0.644. The molecule has 0 radical (unpaired) electrons. The SMILES string of the molecule is C=C/C=C(\C=C1/CN=NN1C)c1ncc(C(F)(F)F)cc1Cl. The highest BCUT2D eigenvalue weighted by molar-refractivity contribution is 6.32. The Bertz CT molecular complexity index is 677. The number of pyridine rings is 1. The molecule has 8 heteroatoms. The number of halogens is 4. The van der Waals surface area contributed by atoms with Gasteiger partial charge in [-0.1, -0.05) is 35.6 Å². The molecule has 0 atom stereocenters. The second-order valence-corrected chi connectivity index (χ2v) is 4.87. The van der Waals surface area contributed by atoms with E-state index in [1.165, 1.54) is 6.08 Å². The van der Waals surface area contributed by atoms with Gasteiger partial charge in [-0.25, -0.2) is 0 Å². The molecule has 2 rings (SSSR count). The van der Waals surface area contributed by atoms with Crippen LogP contribution in [0, 0.1) is 0 Å². The van der Waals surface area contributed by atoms with Gasteiger partial charge in [0, 0.05) is 18.8 Å². The first-order valence-corrected chi connectivity index (χ1v) is 6.58. The second kappa shape index (κ2) is 6.31. The monoisotopic (exact) mass is 328 g/mol. The van der Waals surface area contributed by atoms with Crippen molar-refractivity contribution >= 4 is 17.2 Å². The van der Waals surface area contributed by atoms with E-state index in [2.05, 4.69) is 21.9 Å². The lowest BCUT2D eigenvalue weighted by Gasteiger charge is -2.11. The maximum Gasteiger partial charge on any atom is 0.417 e. The van der Waals surface area contributed by atoms with Crippen molar-refractivity contribution in [3.05, 3.63) is 59.0 Å². The first-order valence-electron chi connectivity index (χ1n) is 6.20. The lowest BCUT2D eigenvalue weighted by atomic mass is 10.1. The summed E-state index contributed by atoms with van der Waals surface area (Å²) in [6, 6.07) is 0.854. The zero-order valence-corrected chi connectivity index (χ0v) is 12.4. The van der Waals surface area contributed by atoms with Crippen LogP contribution < -0.4 is 0 Å². The predicted molar refractivity (Wildman–Crippen MR) is 78.0 cm³/mol. The van der Waals surface area contributed by atoms with Gasteiger partial charge in [-0.2, -0.15) is 18.3 Å². The quantitative estimate of drug-likeness (QED) is 0.765. The summed E-state index contributed by atoms with van der Waals surface area (Å²) in [7, 11) is 1.72. The fourth-order valence-electron chi connectivity index (χ4n) is 1.81. The van der Waals surface area contributed by atoms with E-state index in [0.29, 0.717) is 12.1 Å². The van der Waals surface area contributed by atoms with Crippen molar-refractivity contribution in [1.29, 1.82) is 0 Å². The molecule has 0 saturated heterocycles. The highest BCUT2D eigenvalue weighted by atomic mass is 35.5. The summed E-state index contributed by atoms with van der Waals surface area (Å²) >= 11 is 5.96. The lowest BCUT2D eigenvalue weighted by Crippen LogP contribution is -2.08. The zero-order chi connectivity index (χ0) is 16.3. The predicted octanol–water partition coefficient (Wildman–Crippen LogP) is 4.52. The number of nitrogens with zero attached hydrogens (tertiary/aromatic N) is 4. The van der Waals surface area contributed by atoms with Crippen LogP contribution >= 0.6 is 11.6 Å². The fraction of sp³-hybridized carbons (Fsp3) is 0.214. The van der Waals surface area contributed by atoms with E-state index in [9.17, 15) is 13.2 Å². The normalized spacial score (nSPS) is 17.4. The van der Waals surface area contributed by atoms with E-state index >= 15 is 0 Å². The van der Waals surface area contributed by atoms with Crippen LogP contribution in [0.2, 0.25) is 5.02 Å². The third kappa shape index (κ3) is 3.54. The molecule has 0 N–H and O–H groups in total.